The number of aromatic nitrogens is 1. The van der Waals surface area contributed by atoms with Gasteiger partial charge in [0.2, 0.25) is 0 Å². The van der Waals surface area contributed by atoms with Crippen LogP contribution < -0.4 is 5.32 Å². The van der Waals surface area contributed by atoms with Crippen molar-refractivity contribution in [3.63, 3.8) is 0 Å². The molecule has 3 aromatic rings. The highest BCUT2D eigenvalue weighted by Crippen LogP contribution is 2.26. The number of halogens is 2. The summed E-state index contributed by atoms with van der Waals surface area (Å²) in [6, 6.07) is 11.3. The van der Waals surface area contributed by atoms with Crippen molar-refractivity contribution in [3.8, 4) is 11.3 Å². The van der Waals surface area contributed by atoms with Gasteiger partial charge in [0.25, 0.3) is 6.01 Å². The monoisotopic (exact) mass is 286 g/mol. The zero-order valence-electron chi connectivity index (χ0n) is 11.2. The first-order valence-electron chi connectivity index (χ1n) is 6.37. The van der Waals surface area contributed by atoms with Crippen molar-refractivity contribution in [2.45, 2.75) is 6.92 Å². The molecule has 0 bridgehead atoms. The Labute approximate surface area is 120 Å². The largest absolute Gasteiger partial charge is 0.423 e. The van der Waals surface area contributed by atoms with Gasteiger partial charge in [-0.2, -0.15) is 0 Å². The van der Waals surface area contributed by atoms with Gasteiger partial charge in [-0.1, -0.05) is 35.9 Å². The van der Waals surface area contributed by atoms with E-state index < -0.39 is 11.6 Å². The summed E-state index contributed by atoms with van der Waals surface area (Å²) in [5, 5.41) is 2.51. The average Bonchev–Trinajstić information content (AvgIpc) is 2.92. The molecule has 0 fully saturated rings. The van der Waals surface area contributed by atoms with E-state index in [-0.39, 0.29) is 11.7 Å². The molecule has 0 radical (unpaired) electrons. The lowest BCUT2D eigenvalue weighted by Gasteiger charge is -2.04. The van der Waals surface area contributed by atoms with Gasteiger partial charge < -0.3 is 9.73 Å². The first kappa shape index (κ1) is 13.3. The first-order valence-corrected chi connectivity index (χ1v) is 6.37. The lowest BCUT2D eigenvalue weighted by atomic mass is 10.1. The minimum atomic E-state index is -0.704. The van der Waals surface area contributed by atoms with Crippen LogP contribution in [-0.2, 0) is 0 Å². The Kier molecular flexibility index (Phi) is 3.39. The maximum Gasteiger partial charge on any atom is 0.299 e. The third-order valence-corrected chi connectivity index (χ3v) is 3.04. The minimum absolute atomic E-state index is 0.0366. The number of oxazole rings is 1. The van der Waals surface area contributed by atoms with Gasteiger partial charge in [-0.3, -0.25) is 0 Å². The summed E-state index contributed by atoms with van der Waals surface area (Å²) >= 11 is 0. The molecule has 5 heteroatoms. The molecule has 3 rings (SSSR count). The van der Waals surface area contributed by atoms with E-state index in [9.17, 15) is 8.78 Å². The van der Waals surface area contributed by atoms with Crippen LogP contribution in [0.15, 0.2) is 53.1 Å². The number of nitrogens with zero attached hydrogens (tertiary/aromatic N) is 1. The standard InChI is InChI=1S/C16H12F2N2O/c1-10-5-7-11(8-6-10)14-9-19-16(21-14)20-15-12(17)3-2-4-13(15)18/h2-9H,1H3,(H,19,20). The zero-order valence-corrected chi connectivity index (χ0v) is 11.2. The second-order valence-corrected chi connectivity index (χ2v) is 4.62. The van der Waals surface area contributed by atoms with Crippen LogP contribution in [0, 0.1) is 18.6 Å². The Morgan fingerprint density at radius 3 is 2.33 bits per heavy atom. The van der Waals surface area contributed by atoms with E-state index >= 15 is 0 Å². The van der Waals surface area contributed by atoms with E-state index in [1.54, 1.807) is 0 Å². The summed E-state index contributed by atoms with van der Waals surface area (Å²) < 4.78 is 32.5. The molecule has 0 aliphatic carbocycles. The van der Waals surface area contributed by atoms with E-state index in [2.05, 4.69) is 10.3 Å². The van der Waals surface area contributed by atoms with Crippen molar-refractivity contribution < 1.29 is 13.2 Å². The number of nitrogens with one attached hydrogen (secondary N) is 1. The molecule has 0 saturated carbocycles. The number of benzene rings is 2. The van der Waals surface area contributed by atoms with E-state index in [1.807, 2.05) is 31.2 Å². The summed E-state index contributed by atoms with van der Waals surface area (Å²) in [6.45, 7) is 1.98. The van der Waals surface area contributed by atoms with Gasteiger partial charge >= 0.3 is 0 Å². The van der Waals surface area contributed by atoms with Crippen LogP contribution in [0.5, 0.6) is 0 Å². The fraction of sp³-hybridized carbons (Fsp3) is 0.0625. The molecule has 1 aromatic heterocycles. The fourth-order valence-electron chi connectivity index (χ4n) is 1.91. The Balaban J connectivity index is 1.87. The highest BCUT2D eigenvalue weighted by molar-refractivity contribution is 5.60. The number of para-hydroxylation sites is 1. The zero-order chi connectivity index (χ0) is 14.8. The van der Waals surface area contributed by atoms with Crippen LogP contribution in [0.3, 0.4) is 0 Å². The van der Waals surface area contributed by atoms with Gasteiger partial charge in [0.05, 0.1) is 6.20 Å². The van der Waals surface area contributed by atoms with Gasteiger partial charge in [0.1, 0.15) is 17.3 Å². The molecule has 0 spiro atoms. The third kappa shape index (κ3) is 2.76. The fourth-order valence-corrected chi connectivity index (χ4v) is 1.91. The van der Waals surface area contributed by atoms with Gasteiger partial charge in [0, 0.05) is 5.56 Å². The average molecular weight is 286 g/mol. The van der Waals surface area contributed by atoms with Crippen LogP contribution in [0.4, 0.5) is 20.5 Å². The lowest BCUT2D eigenvalue weighted by Crippen LogP contribution is -1.97. The lowest BCUT2D eigenvalue weighted by molar-refractivity contribution is 0.572. The van der Waals surface area contributed by atoms with E-state index in [0.717, 1.165) is 23.3 Å². The molecule has 2 aromatic carbocycles. The van der Waals surface area contributed by atoms with Gasteiger partial charge in [0.15, 0.2) is 5.76 Å². The Morgan fingerprint density at radius 2 is 1.67 bits per heavy atom. The highest BCUT2D eigenvalue weighted by Gasteiger charge is 2.12. The normalized spacial score (nSPS) is 10.6. The van der Waals surface area contributed by atoms with Crippen molar-refractivity contribution >= 4 is 11.7 Å². The highest BCUT2D eigenvalue weighted by atomic mass is 19.1. The van der Waals surface area contributed by atoms with Gasteiger partial charge in [-0.05, 0) is 19.1 Å². The molecule has 0 unspecified atom stereocenters. The molecular formula is C16H12F2N2O. The molecule has 1 heterocycles. The van der Waals surface area contributed by atoms with Crippen LogP contribution in [0.1, 0.15) is 5.56 Å². The second kappa shape index (κ2) is 5.36. The van der Waals surface area contributed by atoms with Crippen molar-refractivity contribution in [1.29, 1.82) is 0 Å². The Morgan fingerprint density at radius 1 is 1.00 bits per heavy atom. The predicted molar refractivity (Wildman–Crippen MR) is 76.3 cm³/mol. The second-order valence-electron chi connectivity index (χ2n) is 4.62. The molecule has 0 aliphatic rings. The number of hydrogen-bond acceptors (Lipinski definition) is 3. The molecule has 0 amide bonds. The smallest absolute Gasteiger partial charge is 0.299 e. The quantitative estimate of drug-likeness (QED) is 0.760. The molecular weight excluding hydrogens is 274 g/mol. The van der Waals surface area contributed by atoms with E-state index in [0.29, 0.717) is 5.76 Å². The molecule has 21 heavy (non-hydrogen) atoms. The predicted octanol–water partition coefficient (Wildman–Crippen LogP) is 4.67. The molecule has 3 nitrogen and oxygen atoms in total. The minimum Gasteiger partial charge on any atom is -0.423 e. The summed E-state index contributed by atoms with van der Waals surface area (Å²) in [4.78, 5) is 3.98. The number of anilines is 2. The van der Waals surface area contributed by atoms with Crippen LogP contribution in [-0.4, -0.2) is 4.98 Å². The van der Waals surface area contributed by atoms with Crippen molar-refractivity contribution in [3.05, 3.63) is 65.9 Å². The molecule has 0 saturated heterocycles. The van der Waals surface area contributed by atoms with Gasteiger partial charge in [-0.15, -0.1) is 0 Å². The summed E-state index contributed by atoms with van der Waals surface area (Å²) in [5.74, 6) is -0.885. The van der Waals surface area contributed by atoms with Crippen molar-refractivity contribution in [1.82, 2.24) is 4.98 Å². The molecule has 1 N–H and O–H groups in total. The van der Waals surface area contributed by atoms with Crippen LogP contribution in [0.2, 0.25) is 0 Å². The number of aryl methyl sites for hydroxylation is 1. The van der Waals surface area contributed by atoms with E-state index in [4.69, 9.17) is 4.42 Å². The number of hydrogen-bond donors (Lipinski definition) is 1. The first-order chi connectivity index (χ1) is 10.1. The summed E-state index contributed by atoms with van der Waals surface area (Å²) in [5.41, 5.74) is 1.69. The maximum absolute atomic E-state index is 13.5. The molecule has 106 valence electrons. The Hall–Kier alpha value is -2.69. The third-order valence-electron chi connectivity index (χ3n) is 3.04. The Bertz CT molecular complexity index is 746. The summed E-state index contributed by atoms with van der Waals surface area (Å²) in [6.07, 6.45) is 1.51. The van der Waals surface area contributed by atoms with Crippen molar-refractivity contribution in [2.75, 3.05) is 5.32 Å². The topological polar surface area (TPSA) is 38.1 Å². The number of rotatable bonds is 3. The van der Waals surface area contributed by atoms with Crippen molar-refractivity contribution in [2.24, 2.45) is 0 Å². The van der Waals surface area contributed by atoms with Gasteiger partial charge in [-0.25, -0.2) is 13.8 Å². The van der Waals surface area contributed by atoms with E-state index in [1.165, 1.54) is 12.3 Å². The maximum atomic E-state index is 13.5. The molecule has 0 aliphatic heterocycles. The van der Waals surface area contributed by atoms with Crippen LogP contribution >= 0.6 is 0 Å². The SMILES string of the molecule is Cc1ccc(-c2cnc(Nc3c(F)cccc3F)o2)cc1. The summed E-state index contributed by atoms with van der Waals surface area (Å²) in [7, 11) is 0. The van der Waals surface area contributed by atoms with Crippen LogP contribution in [0.25, 0.3) is 11.3 Å². The molecule has 0 atom stereocenters.